The van der Waals surface area contributed by atoms with Gasteiger partial charge in [-0.1, -0.05) is 18.2 Å². The summed E-state index contributed by atoms with van der Waals surface area (Å²) < 4.78 is 4.45. The molecule has 19 heavy (non-hydrogen) atoms. The molecular formula is C15H19NO3. The van der Waals surface area contributed by atoms with Crippen molar-refractivity contribution in [3.05, 3.63) is 34.9 Å². The minimum atomic E-state index is -0.511. The standard InChI is InChI=1S/C15H19NO3/c1-19-15(18)9-14(17)16-10-11-6-7-12-4-2-3-5-13(12)8-11/h6-8H,2-5,9-10H2,1H3,(H,16,17). The van der Waals surface area contributed by atoms with Gasteiger partial charge in [-0.25, -0.2) is 0 Å². The summed E-state index contributed by atoms with van der Waals surface area (Å²) in [7, 11) is 1.28. The number of nitrogens with one attached hydrogen (secondary N) is 1. The fourth-order valence-corrected chi connectivity index (χ4v) is 2.36. The average molecular weight is 261 g/mol. The Morgan fingerprint density at radius 3 is 2.68 bits per heavy atom. The number of methoxy groups -OCH3 is 1. The van der Waals surface area contributed by atoms with Gasteiger partial charge in [0.2, 0.25) is 5.91 Å². The Hall–Kier alpha value is -1.84. The molecule has 1 aliphatic carbocycles. The van der Waals surface area contributed by atoms with Crippen LogP contribution in [0.15, 0.2) is 18.2 Å². The van der Waals surface area contributed by atoms with Crippen molar-refractivity contribution in [1.82, 2.24) is 5.32 Å². The predicted octanol–water partition coefficient (Wildman–Crippen LogP) is 1.74. The lowest BCUT2D eigenvalue weighted by Gasteiger charge is -2.16. The zero-order valence-electron chi connectivity index (χ0n) is 11.2. The van der Waals surface area contributed by atoms with E-state index in [4.69, 9.17) is 0 Å². The molecular weight excluding hydrogens is 242 g/mol. The maximum Gasteiger partial charge on any atom is 0.315 e. The van der Waals surface area contributed by atoms with Gasteiger partial charge in [0.05, 0.1) is 7.11 Å². The number of aryl methyl sites for hydroxylation is 2. The monoisotopic (exact) mass is 261 g/mol. The number of esters is 1. The van der Waals surface area contributed by atoms with Crippen molar-refractivity contribution in [1.29, 1.82) is 0 Å². The van der Waals surface area contributed by atoms with Gasteiger partial charge in [-0.15, -0.1) is 0 Å². The van der Waals surface area contributed by atoms with E-state index in [1.54, 1.807) is 0 Å². The van der Waals surface area contributed by atoms with Gasteiger partial charge in [0, 0.05) is 6.54 Å². The summed E-state index contributed by atoms with van der Waals surface area (Å²) in [5, 5.41) is 2.73. The Balaban J connectivity index is 1.89. The van der Waals surface area contributed by atoms with Gasteiger partial charge in [0.25, 0.3) is 0 Å². The summed E-state index contributed by atoms with van der Waals surface area (Å²) in [5.41, 5.74) is 3.90. The second-order valence-electron chi connectivity index (χ2n) is 4.84. The molecule has 1 N–H and O–H groups in total. The maximum absolute atomic E-state index is 11.5. The number of fused-ring (bicyclic) bond motifs is 1. The molecule has 1 amide bonds. The fourth-order valence-electron chi connectivity index (χ4n) is 2.36. The summed E-state index contributed by atoms with van der Waals surface area (Å²) in [5.74, 6) is -0.812. The van der Waals surface area contributed by atoms with Crippen LogP contribution < -0.4 is 5.32 Å². The average Bonchev–Trinajstić information content (AvgIpc) is 2.44. The third-order valence-corrected chi connectivity index (χ3v) is 3.44. The van der Waals surface area contributed by atoms with Crippen LogP contribution >= 0.6 is 0 Å². The largest absolute Gasteiger partial charge is 0.469 e. The SMILES string of the molecule is COC(=O)CC(=O)NCc1ccc2c(c1)CCCC2. The first-order chi connectivity index (χ1) is 9.19. The van der Waals surface area contributed by atoms with E-state index < -0.39 is 5.97 Å². The van der Waals surface area contributed by atoms with Gasteiger partial charge < -0.3 is 10.1 Å². The third kappa shape index (κ3) is 3.81. The molecule has 0 heterocycles. The van der Waals surface area contributed by atoms with Gasteiger partial charge in [-0.2, -0.15) is 0 Å². The summed E-state index contributed by atoms with van der Waals surface area (Å²) in [6, 6.07) is 6.35. The third-order valence-electron chi connectivity index (χ3n) is 3.44. The molecule has 1 aromatic carbocycles. The summed E-state index contributed by atoms with van der Waals surface area (Å²) in [4.78, 5) is 22.4. The summed E-state index contributed by atoms with van der Waals surface area (Å²) >= 11 is 0. The molecule has 4 nitrogen and oxygen atoms in total. The van der Waals surface area contributed by atoms with Gasteiger partial charge in [0.1, 0.15) is 6.42 Å². The van der Waals surface area contributed by atoms with Crippen LogP contribution in [-0.2, 0) is 33.7 Å². The van der Waals surface area contributed by atoms with Crippen molar-refractivity contribution < 1.29 is 14.3 Å². The quantitative estimate of drug-likeness (QED) is 0.663. The molecule has 0 radical (unpaired) electrons. The lowest BCUT2D eigenvalue weighted by atomic mass is 9.90. The van der Waals surface area contributed by atoms with E-state index in [2.05, 4.69) is 22.2 Å². The lowest BCUT2D eigenvalue weighted by molar-refractivity contribution is -0.143. The lowest BCUT2D eigenvalue weighted by Crippen LogP contribution is -2.25. The van der Waals surface area contributed by atoms with Crippen LogP contribution in [0.4, 0.5) is 0 Å². The molecule has 4 heteroatoms. The molecule has 0 bridgehead atoms. The Bertz CT molecular complexity index is 482. The zero-order chi connectivity index (χ0) is 13.7. The number of carbonyl (C=O) groups excluding carboxylic acids is 2. The van der Waals surface area contributed by atoms with Crippen molar-refractivity contribution in [2.75, 3.05) is 7.11 Å². The second-order valence-corrected chi connectivity index (χ2v) is 4.84. The van der Waals surface area contributed by atoms with Crippen LogP contribution in [0.2, 0.25) is 0 Å². The molecule has 0 aliphatic heterocycles. The molecule has 1 aromatic rings. The Kier molecular flexibility index (Phi) is 4.55. The van der Waals surface area contributed by atoms with Crippen molar-refractivity contribution in [3.8, 4) is 0 Å². The number of hydrogen-bond donors (Lipinski definition) is 1. The van der Waals surface area contributed by atoms with Gasteiger partial charge in [-0.05, 0) is 42.4 Å². The first-order valence-electron chi connectivity index (χ1n) is 6.63. The van der Waals surface area contributed by atoms with E-state index in [9.17, 15) is 9.59 Å². The molecule has 0 aromatic heterocycles. The molecule has 0 saturated carbocycles. The smallest absolute Gasteiger partial charge is 0.315 e. The van der Waals surface area contributed by atoms with Gasteiger partial charge in [0.15, 0.2) is 0 Å². The Morgan fingerprint density at radius 2 is 1.95 bits per heavy atom. The van der Waals surface area contributed by atoms with E-state index in [1.165, 1.54) is 31.1 Å². The van der Waals surface area contributed by atoms with Crippen LogP contribution in [-0.4, -0.2) is 19.0 Å². The molecule has 0 spiro atoms. The van der Waals surface area contributed by atoms with Gasteiger partial charge >= 0.3 is 5.97 Å². The van der Waals surface area contributed by atoms with E-state index in [0.717, 1.165) is 18.4 Å². The molecule has 0 fully saturated rings. The molecule has 0 atom stereocenters. The molecule has 1 aliphatic rings. The minimum Gasteiger partial charge on any atom is -0.469 e. The topological polar surface area (TPSA) is 55.4 Å². The first kappa shape index (κ1) is 13.6. The number of rotatable bonds is 4. The highest BCUT2D eigenvalue weighted by atomic mass is 16.5. The molecule has 0 unspecified atom stereocenters. The van der Waals surface area contributed by atoms with E-state index >= 15 is 0 Å². The van der Waals surface area contributed by atoms with E-state index in [-0.39, 0.29) is 12.3 Å². The molecule has 0 saturated heterocycles. The Morgan fingerprint density at radius 1 is 1.21 bits per heavy atom. The van der Waals surface area contributed by atoms with Crippen LogP contribution in [0.25, 0.3) is 0 Å². The minimum absolute atomic E-state index is 0.221. The zero-order valence-corrected chi connectivity index (χ0v) is 11.2. The normalized spacial score (nSPS) is 13.5. The number of benzene rings is 1. The highest BCUT2D eigenvalue weighted by Gasteiger charge is 2.11. The van der Waals surface area contributed by atoms with Crippen molar-refractivity contribution in [2.45, 2.75) is 38.6 Å². The molecule has 102 valence electrons. The predicted molar refractivity (Wildman–Crippen MR) is 71.6 cm³/mol. The van der Waals surface area contributed by atoms with E-state index in [1.807, 2.05) is 6.07 Å². The maximum atomic E-state index is 11.5. The van der Waals surface area contributed by atoms with Crippen LogP contribution in [0.3, 0.4) is 0 Å². The Labute approximate surface area is 113 Å². The number of hydrogen-bond acceptors (Lipinski definition) is 3. The van der Waals surface area contributed by atoms with Crippen LogP contribution in [0.5, 0.6) is 0 Å². The van der Waals surface area contributed by atoms with Crippen molar-refractivity contribution in [3.63, 3.8) is 0 Å². The molecule has 2 rings (SSSR count). The van der Waals surface area contributed by atoms with Crippen LogP contribution in [0.1, 0.15) is 36.0 Å². The summed E-state index contributed by atoms with van der Waals surface area (Å²) in [6.07, 6.45) is 4.57. The summed E-state index contributed by atoms with van der Waals surface area (Å²) in [6.45, 7) is 0.461. The fraction of sp³-hybridized carbons (Fsp3) is 0.467. The number of amides is 1. The van der Waals surface area contributed by atoms with Crippen molar-refractivity contribution >= 4 is 11.9 Å². The number of ether oxygens (including phenoxy) is 1. The van der Waals surface area contributed by atoms with E-state index in [0.29, 0.717) is 6.54 Å². The van der Waals surface area contributed by atoms with Gasteiger partial charge in [-0.3, -0.25) is 9.59 Å². The highest BCUT2D eigenvalue weighted by molar-refractivity contribution is 5.94. The first-order valence-corrected chi connectivity index (χ1v) is 6.63. The van der Waals surface area contributed by atoms with Crippen LogP contribution in [0, 0.1) is 0 Å². The van der Waals surface area contributed by atoms with Crippen molar-refractivity contribution in [2.24, 2.45) is 0 Å². The highest BCUT2D eigenvalue weighted by Crippen LogP contribution is 2.22. The second kappa shape index (κ2) is 6.36. The number of carbonyl (C=O) groups is 2.